The van der Waals surface area contributed by atoms with Crippen LogP contribution in [0.2, 0.25) is 0 Å². The van der Waals surface area contributed by atoms with Crippen LogP contribution in [0.5, 0.6) is 0 Å². The summed E-state index contributed by atoms with van der Waals surface area (Å²) in [4.78, 5) is 12.0. The molecule has 2 N–H and O–H groups in total. The third kappa shape index (κ3) is 3.32. The summed E-state index contributed by atoms with van der Waals surface area (Å²) in [5, 5.41) is 14.4. The zero-order valence-electron chi connectivity index (χ0n) is 14.1. The summed E-state index contributed by atoms with van der Waals surface area (Å²) in [5.74, 6) is -0.114. The number of hydrogen-bond acceptors (Lipinski definition) is 2. The Balaban J connectivity index is 2.09. The molecule has 0 fully saturated rings. The Labute approximate surface area is 148 Å². The molecule has 0 aliphatic heterocycles. The zero-order valence-corrected chi connectivity index (χ0v) is 14.1. The lowest BCUT2D eigenvalue weighted by Crippen LogP contribution is -2.29. The molecule has 3 aromatic rings. The molecule has 3 nitrogen and oxygen atoms in total. The number of hydrogen-bond donors (Lipinski definition) is 2. The monoisotopic (exact) mass is 331 g/mol. The maximum absolute atomic E-state index is 12.0. The lowest BCUT2D eigenvalue weighted by atomic mass is 9.80. The first-order valence-electron chi connectivity index (χ1n) is 8.38. The smallest absolute Gasteiger partial charge is 0.251 e. The second kappa shape index (κ2) is 7.32. The van der Waals surface area contributed by atoms with E-state index in [2.05, 4.69) is 5.32 Å². The van der Waals surface area contributed by atoms with Gasteiger partial charge in [-0.2, -0.15) is 0 Å². The Morgan fingerprint density at radius 2 is 1.24 bits per heavy atom. The van der Waals surface area contributed by atoms with E-state index in [0.717, 1.165) is 16.7 Å². The quantitative estimate of drug-likeness (QED) is 0.700. The molecule has 0 spiro atoms. The van der Waals surface area contributed by atoms with Crippen LogP contribution in [-0.4, -0.2) is 17.6 Å². The van der Waals surface area contributed by atoms with Crippen LogP contribution >= 0.6 is 0 Å². The standard InChI is InChI=1S/C22H21NO2/c1-2-23-21(24)17-13-15-20(16-14-17)22(25,18-9-5-3-6-10-18)19-11-7-4-8-12-19/h3-16,25H,2H2,1H3,(H,23,24). The van der Waals surface area contributed by atoms with E-state index in [0.29, 0.717) is 12.1 Å². The third-order valence-corrected chi connectivity index (χ3v) is 4.29. The van der Waals surface area contributed by atoms with Gasteiger partial charge in [0.2, 0.25) is 0 Å². The SMILES string of the molecule is CCNC(=O)c1ccc(C(O)(c2ccccc2)c2ccccc2)cc1. The van der Waals surface area contributed by atoms with Crippen molar-refractivity contribution in [2.75, 3.05) is 6.54 Å². The molecule has 3 rings (SSSR count). The number of rotatable bonds is 5. The van der Waals surface area contributed by atoms with Crippen molar-refractivity contribution < 1.29 is 9.90 Å². The highest BCUT2D eigenvalue weighted by molar-refractivity contribution is 5.94. The molecular weight excluding hydrogens is 310 g/mol. The van der Waals surface area contributed by atoms with Gasteiger partial charge in [-0.05, 0) is 35.7 Å². The van der Waals surface area contributed by atoms with Crippen molar-refractivity contribution in [3.8, 4) is 0 Å². The van der Waals surface area contributed by atoms with Gasteiger partial charge < -0.3 is 10.4 Å². The van der Waals surface area contributed by atoms with Crippen molar-refractivity contribution in [1.29, 1.82) is 0 Å². The summed E-state index contributed by atoms with van der Waals surface area (Å²) < 4.78 is 0. The lowest BCUT2D eigenvalue weighted by Gasteiger charge is -2.30. The second-order valence-corrected chi connectivity index (χ2v) is 5.88. The minimum absolute atomic E-state index is 0.114. The molecule has 0 aliphatic rings. The summed E-state index contributed by atoms with van der Waals surface area (Å²) in [6.45, 7) is 2.47. The molecule has 0 bridgehead atoms. The topological polar surface area (TPSA) is 49.3 Å². The van der Waals surface area contributed by atoms with Crippen LogP contribution in [0.15, 0.2) is 84.9 Å². The molecule has 25 heavy (non-hydrogen) atoms. The fraction of sp³-hybridized carbons (Fsp3) is 0.136. The zero-order chi connectivity index (χ0) is 17.7. The van der Waals surface area contributed by atoms with Gasteiger partial charge in [0.05, 0.1) is 0 Å². The first kappa shape index (κ1) is 16.9. The maximum Gasteiger partial charge on any atom is 0.251 e. The Bertz CT molecular complexity index is 787. The van der Waals surface area contributed by atoms with Crippen molar-refractivity contribution in [2.45, 2.75) is 12.5 Å². The predicted octanol–water partition coefficient (Wildman–Crippen LogP) is 3.72. The Kier molecular flexibility index (Phi) is 4.96. The van der Waals surface area contributed by atoms with Gasteiger partial charge >= 0.3 is 0 Å². The predicted molar refractivity (Wildman–Crippen MR) is 99.4 cm³/mol. The molecule has 0 unspecified atom stereocenters. The molecule has 0 heterocycles. The van der Waals surface area contributed by atoms with Gasteiger partial charge in [-0.3, -0.25) is 4.79 Å². The summed E-state index contributed by atoms with van der Waals surface area (Å²) in [5.41, 5.74) is 1.59. The van der Waals surface area contributed by atoms with Crippen LogP contribution in [0.3, 0.4) is 0 Å². The van der Waals surface area contributed by atoms with Crippen LogP contribution in [-0.2, 0) is 5.60 Å². The molecule has 0 atom stereocenters. The first-order valence-corrected chi connectivity index (χ1v) is 8.38. The normalized spacial score (nSPS) is 11.1. The molecule has 0 saturated heterocycles. The lowest BCUT2D eigenvalue weighted by molar-refractivity contribution is 0.0955. The van der Waals surface area contributed by atoms with E-state index in [1.165, 1.54) is 0 Å². The number of amides is 1. The van der Waals surface area contributed by atoms with Crippen LogP contribution in [0.1, 0.15) is 34.0 Å². The average molecular weight is 331 g/mol. The molecule has 126 valence electrons. The first-order chi connectivity index (χ1) is 12.2. The van der Waals surface area contributed by atoms with Crippen molar-refractivity contribution in [3.63, 3.8) is 0 Å². The maximum atomic E-state index is 12.0. The molecule has 1 amide bonds. The Morgan fingerprint density at radius 1 is 0.800 bits per heavy atom. The number of aliphatic hydroxyl groups is 1. The van der Waals surface area contributed by atoms with E-state index >= 15 is 0 Å². The van der Waals surface area contributed by atoms with Gasteiger partial charge in [0.25, 0.3) is 5.91 Å². The molecule has 3 heteroatoms. The van der Waals surface area contributed by atoms with Crippen molar-refractivity contribution >= 4 is 5.91 Å². The van der Waals surface area contributed by atoms with E-state index in [9.17, 15) is 9.90 Å². The molecular formula is C22H21NO2. The van der Waals surface area contributed by atoms with Crippen LogP contribution in [0.25, 0.3) is 0 Å². The second-order valence-electron chi connectivity index (χ2n) is 5.88. The summed E-state index contributed by atoms with van der Waals surface area (Å²) in [6, 6.07) is 26.2. The average Bonchev–Trinajstić information content (AvgIpc) is 2.69. The van der Waals surface area contributed by atoms with Gasteiger partial charge in [-0.25, -0.2) is 0 Å². The number of carbonyl (C=O) groups is 1. The van der Waals surface area contributed by atoms with Gasteiger partial charge in [-0.15, -0.1) is 0 Å². The van der Waals surface area contributed by atoms with E-state index in [4.69, 9.17) is 0 Å². The third-order valence-electron chi connectivity index (χ3n) is 4.29. The van der Waals surface area contributed by atoms with Crippen molar-refractivity contribution in [1.82, 2.24) is 5.32 Å². The fourth-order valence-electron chi connectivity index (χ4n) is 2.98. The summed E-state index contributed by atoms with van der Waals surface area (Å²) >= 11 is 0. The van der Waals surface area contributed by atoms with Gasteiger partial charge in [0.15, 0.2) is 0 Å². The minimum atomic E-state index is -1.28. The minimum Gasteiger partial charge on any atom is -0.376 e. The van der Waals surface area contributed by atoms with Crippen LogP contribution in [0.4, 0.5) is 0 Å². The summed E-state index contributed by atoms with van der Waals surface area (Å²) in [6.07, 6.45) is 0. The van der Waals surface area contributed by atoms with Crippen LogP contribution in [0, 0.1) is 0 Å². The number of carbonyl (C=O) groups excluding carboxylic acids is 1. The van der Waals surface area contributed by atoms with E-state index in [1.807, 2.05) is 79.7 Å². The number of benzene rings is 3. The van der Waals surface area contributed by atoms with Gasteiger partial charge in [0, 0.05) is 12.1 Å². The van der Waals surface area contributed by atoms with E-state index < -0.39 is 5.60 Å². The highest BCUT2D eigenvalue weighted by Crippen LogP contribution is 2.36. The fourth-order valence-corrected chi connectivity index (χ4v) is 2.98. The number of nitrogens with one attached hydrogen (secondary N) is 1. The Morgan fingerprint density at radius 3 is 1.68 bits per heavy atom. The van der Waals surface area contributed by atoms with Crippen molar-refractivity contribution in [2.24, 2.45) is 0 Å². The van der Waals surface area contributed by atoms with Gasteiger partial charge in [-0.1, -0.05) is 72.8 Å². The Hall–Kier alpha value is -2.91. The van der Waals surface area contributed by atoms with Crippen molar-refractivity contribution in [3.05, 3.63) is 107 Å². The van der Waals surface area contributed by atoms with E-state index in [1.54, 1.807) is 12.1 Å². The van der Waals surface area contributed by atoms with E-state index in [-0.39, 0.29) is 5.91 Å². The van der Waals surface area contributed by atoms with Crippen LogP contribution < -0.4 is 5.32 Å². The molecule has 0 saturated carbocycles. The highest BCUT2D eigenvalue weighted by Gasteiger charge is 2.33. The molecule has 0 radical (unpaired) electrons. The largest absolute Gasteiger partial charge is 0.376 e. The molecule has 0 aliphatic carbocycles. The highest BCUT2D eigenvalue weighted by atomic mass is 16.3. The molecule has 0 aromatic heterocycles. The molecule has 3 aromatic carbocycles. The van der Waals surface area contributed by atoms with Gasteiger partial charge in [0.1, 0.15) is 5.60 Å². The summed E-state index contributed by atoms with van der Waals surface area (Å²) in [7, 11) is 0.